The summed E-state index contributed by atoms with van der Waals surface area (Å²) in [6.45, 7) is 5.75. The Bertz CT molecular complexity index is 435. The summed E-state index contributed by atoms with van der Waals surface area (Å²) in [5.74, 6) is 0.778. The summed E-state index contributed by atoms with van der Waals surface area (Å²) in [4.78, 5) is 16.3. The summed E-state index contributed by atoms with van der Waals surface area (Å²) in [5, 5.41) is 2.89. The average molecular weight is 293 g/mol. The first-order valence-electron chi connectivity index (χ1n) is 7.70. The largest absolute Gasteiger partial charge is 0.467 e. The van der Waals surface area contributed by atoms with Crippen LogP contribution in [0.4, 0.5) is 4.79 Å². The first-order valence-corrected chi connectivity index (χ1v) is 7.70. The smallest absolute Gasteiger partial charge is 0.317 e. The highest BCUT2D eigenvalue weighted by Crippen LogP contribution is 2.14. The van der Waals surface area contributed by atoms with E-state index < -0.39 is 0 Å². The van der Waals surface area contributed by atoms with Crippen molar-refractivity contribution in [2.75, 3.05) is 39.3 Å². The van der Waals surface area contributed by atoms with Gasteiger partial charge in [-0.3, -0.25) is 4.90 Å². The first-order chi connectivity index (χ1) is 10.3. The molecule has 6 heteroatoms. The van der Waals surface area contributed by atoms with E-state index in [1.165, 1.54) is 12.8 Å². The van der Waals surface area contributed by atoms with E-state index >= 15 is 0 Å². The van der Waals surface area contributed by atoms with Crippen LogP contribution in [0, 0.1) is 0 Å². The molecule has 1 unspecified atom stereocenters. The second-order valence-corrected chi connectivity index (χ2v) is 5.66. The summed E-state index contributed by atoms with van der Waals surface area (Å²) in [6, 6.07) is 3.67. The van der Waals surface area contributed by atoms with Crippen molar-refractivity contribution < 1.29 is 13.9 Å². The first kappa shape index (κ1) is 14.4. The standard InChI is InChI=1S/C15H23N3O3/c19-15(16-11-13-3-1-9-20-13)18-7-5-17(6-8-18)12-14-4-2-10-21-14/h1,3,9,14H,2,4-8,10-12H2,(H,16,19). The van der Waals surface area contributed by atoms with E-state index in [2.05, 4.69) is 10.2 Å². The maximum Gasteiger partial charge on any atom is 0.317 e. The number of nitrogens with zero attached hydrogens (tertiary/aromatic N) is 2. The van der Waals surface area contributed by atoms with E-state index in [1.54, 1.807) is 6.26 Å². The van der Waals surface area contributed by atoms with Crippen LogP contribution in [0.2, 0.25) is 0 Å². The molecule has 2 fully saturated rings. The lowest BCUT2D eigenvalue weighted by atomic mass is 10.2. The van der Waals surface area contributed by atoms with Gasteiger partial charge in [-0.2, -0.15) is 0 Å². The number of rotatable bonds is 4. The van der Waals surface area contributed by atoms with E-state index in [1.807, 2.05) is 17.0 Å². The van der Waals surface area contributed by atoms with Gasteiger partial charge in [-0.05, 0) is 25.0 Å². The zero-order valence-corrected chi connectivity index (χ0v) is 12.3. The molecule has 1 aromatic heterocycles. The van der Waals surface area contributed by atoms with E-state index in [0.717, 1.165) is 45.1 Å². The lowest BCUT2D eigenvalue weighted by Crippen LogP contribution is -2.52. The highest BCUT2D eigenvalue weighted by Gasteiger charge is 2.24. The zero-order valence-electron chi connectivity index (χ0n) is 12.3. The van der Waals surface area contributed by atoms with Gasteiger partial charge >= 0.3 is 6.03 Å². The zero-order chi connectivity index (χ0) is 14.5. The molecule has 116 valence electrons. The van der Waals surface area contributed by atoms with Gasteiger partial charge in [0.2, 0.25) is 0 Å². The van der Waals surface area contributed by atoms with E-state index in [-0.39, 0.29) is 6.03 Å². The summed E-state index contributed by atoms with van der Waals surface area (Å²) in [7, 11) is 0. The highest BCUT2D eigenvalue weighted by atomic mass is 16.5. The van der Waals surface area contributed by atoms with Gasteiger partial charge in [0.05, 0.1) is 18.9 Å². The lowest BCUT2D eigenvalue weighted by molar-refractivity contribution is 0.0560. The molecule has 0 bridgehead atoms. The number of hydrogen-bond acceptors (Lipinski definition) is 4. The predicted molar refractivity (Wildman–Crippen MR) is 77.9 cm³/mol. The van der Waals surface area contributed by atoms with Crippen LogP contribution in [-0.2, 0) is 11.3 Å². The fraction of sp³-hybridized carbons (Fsp3) is 0.667. The number of carbonyl (C=O) groups excluding carboxylic acids is 1. The summed E-state index contributed by atoms with van der Waals surface area (Å²) >= 11 is 0. The molecule has 2 saturated heterocycles. The summed E-state index contributed by atoms with van der Waals surface area (Å²) in [5.41, 5.74) is 0. The van der Waals surface area contributed by atoms with Crippen LogP contribution in [0.15, 0.2) is 22.8 Å². The van der Waals surface area contributed by atoms with Crippen molar-refractivity contribution in [1.82, 2.24) is 15.1 Å². The van der Waals surface area contributed by atoms with Crippen molar-refractivity contribution in [2.45, 2.75) is 25.5 Å². The van der Waals surface area contributed by atoms with E-state index in [9.17, 15) is 4.79 Å². The van der Waals surface area contributed by atoms with Gasteiger partial charge in [0, 0.05) is 39.3 Å². The van der Waals surface area contributed by atoms with Crippen molar-refractivity contribution in [3.8, 4) is 0 Å². The topological polar surface area (TPSA) is 58.0 Å². The van der Waals surface area contributed by atoms with Crippen molar-refractivity contribution >= 4 is 6.03 Å². The van der Waals surface area contributed by atoms with Crippen LogP contribution in [0.5, 0.6) is 0 Å². The molecule has 2 aliphatic rings. The minimum absolute atomic E-state index is 0.0110. The molecule has 0 aliphatic carbocycles. The number of urea groups is 1. The number of ether oxygens (including phenoxy) is 1. The fourth-order valence-electron chi connectivity index (χ4n) is 2.90. The molecule has 2 amide bonds. The molecule has 2 aliphatic heterocycles. The van der Waals surface area contributed by atoms with Crippen LogP contribution in [-0.4, -0.2) is 61.3 Å². The van der Waals surface area contributed by atoms with Gasteiger partial charge in [0.25, 0.3) is 0 Å². The summed E-state index contributed by atoms with van der Waals surface area (Å²) < 4.78 is 10.9. The average Bonchev–Trinajstić information content (AvgIpc) is 3.19. The van der Waals surface area contributed by atoms with Crippen LogP contribution in [0.1, 0.15) is 18.6 Å². The molecule has 0 spiro atoms. The monoisotopic (exact) mass is 293 g/mol. The molecular weight excluding hydrogens is 270 g/mol. The molecule has 0 aromatic carbocycles. The van der Waals surface area contributed by atoms with Gasteiger partial charge in [0.15, 0.2) is 0 Å². The molecular formula is C15H23N3O3. The van der Waals surface area contributed by atoms with Crippen LogP contribution >= 0.6 is 0 Å². The molecule has 1 aromatic rings. The Labute approximate surface area is 125 Å². The van der Waals surface area contributed by atoms with Gasteiger partial charge in [-0.25, -0.2) is 4.79 Å². The minimum Gasteiger partial charge on any atom is -0.467 e. The quantitative estimate of drug-likeness (QED) is 0.909. The van der Waals surface area contributed by atoms with Gasteiger partial charge in [0.1, 0.15) is 5.76 Å². The SMILES string of the molecule is O=C(NCc1ccco1)N1CCN(CC2CCCO2)CC1. The third-order valence-corrected chi connectivity index (χ3v) is 4.14. The Morgan fingerprint density at radius 3 is 2.86 bits per heavy atom. The second kappa shape index (κ2) is 6.95. The third kappa shape index (κ3) is 3.98. The van der Waals surface area contributed by atoms with Crippen LogP contribution < -0.4 is 5.32 Å². The molecule has 6 nitrogen and oxygen atoms in total. The third-order valence-electron chi connectivity index (χ3n) is 4.14. The van der Waals surface area contributed by atoms with Gasteiger partial charge in [-0.15, -0.1) is 0 Å². The van der Waals surface area contributed by atoms with Crippen molar-refractivity contribution in [2.24, 2.45) is 0 Å². The van der Waals surface area contributed by atoms with Gasteiger partial charge < -0.3 is 19.4 Å². The molecule has 0 radical (unpaired) electrons. The molecule has 21 heavy (non-hydrogen) atoms. The molecule has 1 atom stereocenters. The minimum atomic E-state index is -0.0110. The van der Waals surface area contributed by atoms with Crippen LogP contribution in [0.3, 0.4) is 0 Å². The maximum absolute atomic E-state index is 12.1. The number of piperazine rings is 1. The Balaban J connectivity index is 1.37. The van der Waals surface area contributed by atoms with Crippen molar-refractivity contribution in [3.63, 3.8) is 0 Å². The lowest BCUT2D eigenvalue weighted by Gasteiger charge is -2.35. The molecule has 3 heterocycles. The van der Waals surface area contributed by atoms with E-state index in [4.69, 9.17) is 9.15 Å². The second-order valence-electron chi connectivity index (χ2n) is 5.66. The number of furan rings is 1. The number of carbonyl (C=O) groups is 1. The summed E-state index contributed by atoms with van der Waals surface area (Å²) in [6.07, 6.45) is 4.36. The number of nitrogens with one attached hydrogen (secondary N) is 1. The molecule has 1 N–H and O–H groups in total. The fourth-order valence-corrected chi connectivity index (χ4v) is 2.90. The number of amides is 2. The maximum atomic E-state index is 12.1. The van der Waals surface area contributed by atoms with Crippen molar-refractivity contribution in [3.05, 3.63) is 24.2 Å². The molecule has 3 rings (SSSR count). The Hall–Kier alpha value is -1.53. The number of hydrogen-bond donors (Lipinski definition) is 1. The van der Waals surface area contributed by atoms with Gasteiger partial charge in [-0.1, -0.05) is 0 Å². The Morgan fingerprint density at radius 2 is 2.19 bits per heavy atom. The predicted octanol–water partition coefficient (Wildman–Crippen LogP) is 1.29. The molecule has 0 saturated carbocycles. The Kier molecular flexibility index (Phi) is 4.77. The van der Waals surface area contributed by atoms with Crippen LogP contribution in [0.25, 0.3) is 0 Å². The highest BCUT2D eigenvalue weighted by molar-refractivity contribution is 5.74. The van der Waals surface area contributed by atoms with Crippen molar-refractivity contribution in [1.29, 1.82) is 0 Å². The Morgan fingerprint density at radius 1 is 1.33 bits per heavy atom. The van der Waals surface area contributed by atoms with E-state index in [0.29, 0.717) is 12.6 Å². The normalized spacial score (nSPS) is 23.4.